The molecule has 0 bridgehead atoms. The van der Waals surface area contributed by atoms with Gasteiger partial charge in [-0.2, -0.15) is 0 Å². The number of para-hydroxylation sites is 2. The molecule has 0 heterocycles. The molecular weight excluding hydrogens is 302 g/mol. The van der Waals surface area contributed by atoms with E-state index in [1.165, 1.54) is 6.92 Å². The largest absolute Gasteiger partial charge is 0.462 e. The fourth-order valence-corrected chi connectivity index (χ4v) is 1.60. The molecule has 7 nitrogen and oxygen atoms in total. The van der Waals surface area contributed by atoms with Crippen LogP contribution in [0.25, 0.3) is 0 Å². The van der Waals surface area contributed by atoms with Crippen molar-refractivity contribution in [2.75, 3.05) is 18.5 Å². The lowest BCUT2D eigenvalue weighted by molar-refractivity contribution is -0.146. The van der Waals surface area contributed by atoms with Crippen molar-refractivity contribution >= 4 is 23.6 Å². The molecule has 1 N–H and O–H groups in total. The Labute approximate surface area is 134 Å². The van der Waals surface area contributed by atoms with Gasteiger partial charge in [0.2, 0.25) is 0 Å². The normalized spacial score (nSPS) is 9.52. The summed E-state index contributed by atoms with van der Waals surface area (Å²) in [6, 6.07) is 6.59. The maximum Gasteiger partial charge on any atom is 0.347 e. The molecule has 0 aliphatic heterocycles. The van der Waals surface area contributed by atoms with Crippen LogP contribution in [0.15, 0.2) is 36.0 Å². The molecule has 0 aliphatic rings. The summed E-state index contributed by atoms with van der Waals surface area (Å²) >= 11 is 0. The average molecular weight is 321 g/mol. The molecule has 1 aromatic rings. The van der Waals surface area contributed by atoms with Crippen LogP contribution in [0.2, 0.25) is 0 Å². The number of anilines is 1. The summed E-state index contributed by atoms with van der Waals surface area (Å²) < 4.78 is 14.7. The SMILES string of the molecule is CCOC(=O)C(=CNc1ccccc1OC(C)=O)C(=O)OCC. The minimum absolute atomic E-state index is 0.125. The van der Waals surface area contributed by atoms with E-state index < -0.39 is 17.9 Å². The maximum absolute atomic E-state index is 11.8. The lowest BCUT2D eigenvalue weighted by Gasteiger charge is -2.10. The monoisotopic (exact) mass is 321 g/mol. The van der Waals surface area contributed by atoms with Gasteiger partial charge in [0.05, 0.1) is 18.9 Å². The molecule has 0 unspecified atom stereocenters. The number of rotatable bonds is 7. The van der Waals surface area contributed by atoms with E-state index in [0.29, 0.717) is 5.69 Å². The van der Waals surface area contributed by atoms with Gasteiger partial charge in [-0.3, -0.25) is 4.79 Å². The number of ether oxygens (including phenoxy) is 3. The second kappa shape index (κ2) is 9.24. The maximum atomic E-state index is 11.8. The minimum atomic E-state index is -0.802. The van der Waals surface area contributed by atoms with Crippen molar-refractivity contribution in [3.05, 3.63) is 36.0 Å². The van der Waals surface area contributed by atoms with E-state index >= 15 is 0 Å². The highest BCUT2D eigenvalue weighted by Gasteiger charge is 2.21. The van der Waals surface area contributed by atoms with Gasteiger partial charge in [0.25, 0.3) is 0 Å². The second-order valence-electron chi connectivity index (χ2n) is 4.23. The average Bonchev–Trinajstić information content (AvgIpc) is 2.49. The Morgan fingerprint density at radius 1 is 1.04 bits per heavy atom. The Kier molecular flexibility index (Phi) is 7.32. The highest BCUT2D eigenvalue weighted by atomic mass is 16.6. The highest BCUT2D eigenvalue weighted by Crippen LogP contribution is 2.24. The van der Waals surface area contributed by atoms with E-state index in [-0.39, 0.29) is 24.5 Å². The van der Waals surface area contributed by atoms with Crippen LogP contribution in [-0.2, 0) is 23.9 Å². The molecule has 0 atom stereocenters. The van der Waals surface area contributed by atoms with E-state index in [2.05, 4.69) is 5.32 Å². The first-order chi connectivity index (χ1) is 11.0. The number of esters is 3. The quantitative estimate of drug-likeness (QED) is 0.270. The van der Waals surface area contributed by atoms with Gasteiger partial charge in [0.1, 0.15) is 0 Å². The Bertz CT molecular complexity index is 588. The fourth-order valence-electron chi connectivity index (χ4n) is 1.60. The summed E-state index contributed by atoms with van der Waals surface area (Å²) in [4.78, 5) is 34.7. The lowest BCUT2D eigenvalue weighted by Crippen LogP contribution is -2.19. The molecule has 0 amide bonds. The van der Waals surface area contributed by atoms with E-state index in [9.17, 15) is 14.4 Å². The number of hydrogen-bond acceptors (Lipinski definition) is 7. The molecule has 0 aromatic heterocycles. The molecule has 0 spiro atoms. The van der Waals surface area contributed by atoms with Crippen LogP contribution >= 0.6 is 0 Å². The van der Waals surface area contributed by atoms with Crippen LogP contribution in [0.1, 0.15) is 20.8 Å². The first-order valence-corrected chi connectivity index (χ1v) is 7.08. The van der Waals surface area contributed by atoms with Crippen molar-refractivity contribution in [3.63, 3.8) is 0 Å². The summed E-state index contributed by atoms with van der Waals surface area (Å²) in [5, 5.41) is 2.76. The van der Waals surface area contributed by atoms with Crippen LogP contribution in [0, 0.1) is 0 Å². The summed E-state index contributed by atoms with van der Waals surface area (Å²) in [5.41, 5.74) is 0.125. The fraction of sp³-hybridized carbons (Fsp3) is 0.312. The third-order valence-corrected chi connectivity index (χ3v) is 2.50. The van der Waals surface area contributed by atoms with Gasteiger partial charge in [-0.25, -0.2) is 9.59 Å². The summed E-state index contributed by atoms with van der Waals surface area (Å²) in [6.45, 7) is 4.78. The molecule has 124 valence electrons. The zero-order chi connectivity index (χ0) is 17.2. The molecule has 1 aromatic carbocycles. The van der Waals surface area contributed by atoms with Gasteiger partial charge >= 0.3 is 17.9 Å². The zero-order valence-corrected chi connectivity index (χ0v) is 13.3. The van der Waals surface area contributed by atoms with Crippen LogP contribution < -0.4 is 10.1 Å². The molecule has 7 heteroatoms. The first-order valence-electron chi connectivity index (χ1n) is 7.08. The van der Waals surface area contributed by atoms with Crippen LogP contribution in [0.5, 0.6) is 5.75 Å². The third-order valence-electron chi connectivity index (χ3n) is 2.50. The molecule has 0 radical (unpaired) electrons. The van der Waals surface area contributed by atoms with Gasteiger partial charge in [-0.05, 0) is 26.0 Å². The molecule has 1 rings (SSSR count). The standard InChI is InChI=1S/C16H19NO6/c1-4-21-15(19)12(16(20)22-5-2)10-17-13-8-6-7-9-14(13)23-11(3)18/h6-10,17H,4-5H2,1-3H3. The molecular formula is C16H19NO6. The van der Waals surface area contributed by atoms with Gasteiger partial charge in [-0.15, -0.1) is 0 Å². The van der Waals surface area contributed by atoms with Gasteiger partial charge in [-0.1, -0.05) is 12.1 Å². The second-order valence-corrected chi connectivity index (χ2v) is 4.23. The lowest BCUT2D eigenvalue weighted by atomic mass is 10.2. The van der Waals surface area contributed by atoms with E-state index in [1.807, 2.05) is 0 Å². The van der Waals surface area contributed by atoms with Crippen molar-refractivity contribution in [1.29, 1.82) is 0 Å². The smallest absolute Gasteiger partial charge is 0.347 e. The van der Waals surface area contributed by atoms with Crippen molar-refractivity contribution in [2.24, 2.45) is 0 Å². The third kappa shape index (κ3) is 5.82. The summed E-state index contributed by atoms with van der Waals surface area (Å²) in [7, 11) is 0. The van der Waals surface area contributed by atoms with Gasteiger partial charge in [0, 0.05) is 13.1 Å². The zero-order valence-electron chi connectivity index (χ0n) is 13.3. The van der Waals surface area contributed by atoms with Crippen molar-refractivity contribution < 1.29 is 28.6 Å². The number of nitrogens with one attached hydrogen (secondary N) is 1. The molecule has 0 saturated heterocycles. The Morgan fingerprint density at radius 3 is 2.13 bits per heavy atom. The highest BCUT2D eigenvalue weighted by molar-refractivity contribution is 6.14. The predicted octanol–water partition coefficient (Wildman–Crippen LogP) is 2.03. The predicted molar refractivity (Wildman–Crippen MR) is 82.7 cm³/mol. The van der Waals surface area contributed by atoms with Crippen molar-refractivity contribution in [2.45, 2.75) is 20.8 Å². The first kappa shape index (κ1) is 18.2. The number of hydrogen-bond donors (Lipinski definition) is 1. The minimum Gasteiger partial charge on any atom is -0.462 e. The van der Waals surface area contributed by atoms with Crippen LogP contribution in [-0.4, -0.2) is 31.1 Å². The Morgan fingerprint density at radius 2 is 1.61 bits per heavy atom. The summed E-state index contributed by atoms with van der Waals surface area (Å²) in [6.07, 6.45) is 1.16. The van der Waals surface area contributed by atoms with Crippen LogP contribution in [0.4, 0.5) is 5.69 Å². The summed E-state index contributed by atoms with van der Waals surface area (Å²) in [5.74, 6) is -1.82. The van der Waals surface area contributed by atoms with E-state index in [0.717, 1.165) is 6.20 Å². The topological polar surface area (TPSA) is 90.9 Å². The van der Waals surface area contributed by atoms with E-state index in [4.69, 9.17) is 14.2 Å². The Hall–Kier alpha value is -2.83. The number of carbonyl (C=O) groups excluding carboxylic acids is 3. The number of carbonyl (C=O) groups is 3. The van der Waals surface area contributed by atoms with Gasteiger partial charge in [0.15, 0.2) is 11.3 Å². The number of benzene rings is 1. The van der Waals surface area contributed by atoms with Crippen molar-refractivity contribution in [1.82, 2.24) is 0 Å². The molecule has 23 heavy (non-hydrogen) atoms. The molecule has 0 fully saturated rings. The Balaban J connectivity index is 3.02. The van der Waals surface area contributed by atoms with E-state index in [1.54, 1.807) is 38.1 Å². The molecule has 0 aliphatic carbocycles. The molecule has 0 saturated carbocycles. The van der Waals surface area contributed by atoms with Gasteiger partial charge < -0.3 is 19.5 Å². The van der Waals surface area contributed by atoms with Crippen molar-refractivity contribution in [3.8, 4) is 5.75 Å². The van der Waals surface area contributed by atoms with Crippen LogP contribution in [0.3, 0.4) is 0 Å².